The molecule has 1 saturated heterocycles. The second-order valence-corrected chi connectivity index (χ2v) is 10.7. The van der Waals surface area contributed by atoms with Crippen LogP contribution >= 0.6 is 28.6 Å². The maximum atomic E-state index is 11.3. The summed E-state index contributed by atoms with van der Waals surface area (Å²) < 4.78 is 23.2. The number of aromatic nitrogens is 4. The molecule has 4 atom stereocenters. The number of allylic oxidation sites excluding steroid dienone is 1. The molecule has 3 N–H and O–H groups in total. The summed E-state index contributed by atoms with van der Waals surface area (Å²) in [7, 11) is 0. The number of aliphatic hydroxyl groups excluding tert-OH is 2. The monoisotopic (exact) mass is 451 g/mol. The first-order chi connectivity index (χ1) is 13.2. The zero-order valence-corrected chi connectivity index (χ0v) is 17.5. The molecule has 0 spiro atoms. The van der Waals surface area contributed by atoms with Gasteiger partial charge in [-0.15, -0.1) is 0 Å². The van der Waals surface area contributed by atoms with Crippen molar-refractivity contribution in [1.29, 1.82) is 0 Å². The van der Waals surface area contributed by atoms with Crippen LogP contribution in [-0.4, -0.2) is 61.2 Å². The van der Waals surface area contributed by atoms with E-state index in [2.05, 4.69) is 20.3 Å². The molecule has 1 fully saturated rings. The largest absolute Gasteiger partial charge is 0.387 e. The number of halogens is 2. The van der Waals surface area contributed by atoms with E-state index >= 15 is 0 Å². The highest BCUT2D eigenvalue weighted by atomic mass is 35.9. The van der Waals surface area contributed by atoms with Crippen LogP contribution in [0, 0.1) is 0 Å². The number of nitrogens with zero attached hydrogens (tertiary/aromatic N) is 4. The van der Waals surface area contributed by atoms with Gasteiger partial charge in [-0.3, -0.25) is 9.13 Å². The van der Waals surface area contributed by atoms with Crippen LogP contribution < -0.4 is 5.32 Å². The van der Waals surface area contributed by atoms with Gasteiger partial charge in [0.05, 0.1) is 12.9 Å². The van der Waals surface area contributed by atoms with Crippen LogP contribution in [0.2, 0.25) is 0 Å². The van der Waals surface area contributed by atoms with Crippen LogP contribution in [0.3, 0.4) is 0 Å². The molecule has 3 rings (SSSR count). The van der Waals surface area contributed by atoms with Gasteiger partial charge in [-0.05, 0) is 36.3 Å². The van der Waals surface area contributed by atoms with Gasteiger partial charge >= 0.3 is 6.07 Å². The van der Waals surface area contributed by atoms with Crippen molar-refractivity contribution in [2.75, 3.05) is 18.5 Å². The lowest BCUT2D eigenvalue weighted by molar-refractivity contribution is -0.0465. The third kappa shape index (κ3) is 4.83. The number of hydrogen-bond donors (Lipinski definition) is 3. The van der Waals surface area contributed by atoms with Gasteiger partial charge in [0.1, 0.15) is 24.6 Å². The Morgan fingerprint density at radius 2 is 2.11 bits per heavy atom. The van der Waals surface area contributed by atoms with Crippen LogP contribution in [0.25, 0.3) is 11.2 Å². The van der Waals surface area contributed by atoms with E-state index in [0.717, 1.165) is 5.57 Å². The van der Waals surface area contributed by atoms with Gasteiger partial charge < -0.3 is 24.8 Å². The van der Waals surface area contributed by atoms with Gasteiger partial charge in [-0.25, -0.2) is 15.0 Å². The van der Waals surface area contributed by atoms with Gasteiger partial charge in [0.25, 0.3) is 0 Å². The van der Waals surface area contributed by atoms with Crippen molar-refractivity contribution in [3.8, 4) is 0 Å². The summed E-state index contributed by atoms with van der Waals surface area (Å²) in [5.74, 6) is 0.527. The minimum atomic E-state index is -3.79. The van der Waals surface area contributed by atoms with E-state index < -0.39 is 30.6 Å². The first-order valence-corrected chi connectivity index (χ1v) is 11.8. The molecule has 1 aliphatic heterocycles. The van der Waals surface area contributed by atoms with Crippen LogP contribution in [0.1, 0.15) is 20.1 Å². The Morgan fingerprint density at radius 3 is 2.79 bits per heavy atom. The summed E-state index contributed by atoms with van der Waals surface area (Å²) in [6.07, 6.45) is -3.57. The Hall–Kier alpha value is -1.26. The lowest BCUT2D eigenvalue weighted by atomic mass is 10.1. The predicted octanol–water partition coefficient (Wildman–Crippen LogP) is 2.43. The van der Waals surface area contributed by atoms with Gasteiger partial charge in [-0.2, -0.15) is 0 Å². The second kappa shape index (κ2) is 8.62. The van der Waals surface area contributed by atoms with Crippen LogP contribution in [0.15, 0.2) is 24.3 Å². The average molecular weight is 452 g/mol. The molecular weight excluding hydrogens is 432 g/mol. The summed E-state index contributed by atoms with van der Waals surface area (Å²) in [4.78, 5) is 12.7. The van der Waals surface area contributed by atoms with Crippen molar-refractivity contribution in [2.24, 2.45) is 0 Å². The van der Waals surface area contributed by atoms with E-state index in [0.29, 0.717) is 23.5 Å². The Labute approximate surface area is 170 Å². The van der Waals surface area contributed by atoms with E-state index in [1.165, 1.54) is 17.2 Å². The maximum absolute atomic E-state index is 11.3. The molecule has 1 aliphatic rings. The highest BCUT2D eigenvalue weighted by molar-refractivity contribution is 8.05. The zero-order valence-electron chi connectivity index (χ0n) is 15.1. The van der Waals surface area contributed by atoms with Crippen molar-refractivity contribution in [2.45, 2.75) is 38.4 Å². The predicted molar refractivity (Wildman–Crippen MR) is 104 cm³/mol. The van der Waals surface area contributed by atoms with Crippen molar-refractivity contribution in [3.05, 3.63) is 24.3 Å². The Balaban J connectivity index is 1.81. The van der Waals surface area contributed by atoms with Gasteiger partial charge in [0.2, 0.25) is 0 Å². The van der Waals surface area contributed by atoms with Crippen LogP contribution in [0.4, 0.5) is 5.82 Å². The van der Waals surface area contributed by atoms with Crippen LogP contribution in [-0.2, 0) is 13.8 Å². The highest BCUT2D eigenvalue weighted by Gasteiger charge is 2.45. The van der Waals surface area contributed by atoms with E-state index in [4.69, 9.17) is 31.7 Å². The van der Waals surface area contributed by atoms with Crippen molar-refractivity contribution in [3.63, 3.8) is 0 Å². The van der Waals surface area contributed by atoms with E-state index in [1.807, 2.05) is 19.9 Å². The molecule has 2 aromatic heterocycles. The summed E-state index contributed by atoms with van der Waals surface area (Å²) >= 11 is 10.7. The molecule has 28 heavy (non-hydrogen) atoms. The number of aliphatic hydroxyl groups is 2. The number of ether oxygens (including phenoxy) is 1. The lowest BCUT2D eigenvalue weighted by Crippen LogP contribution is -2.33. The molecule has 0 aromatic carbocycles. The average Bonchev–Trinajstić information content (AvgIpc) is 3.15. The molecule has 13 heteroatoms. The molecule has 0 bridgehead atoms. The minimum Gasteiger partial charge on any atom is -0.387 e. The second-order valence-electron chi connectivity index (χ2n) is 6.47. The fourth-order valence-electron chi connectivity index (χ4n) is 2.78. The number of imidazole rings is 1. The maximum Gasteiger partial charge on any atom is 0.380 e. The topological polar surface area (TPSA) is 132 Å². The normalized spacial score (nSPS) is 25.2. The number of anilines is 1. The third-order valence-electron chi connectivity index (χ3n) is 4.14. The molecule has 3 heterocycles. The molecular formula is C15H20Cl2N5O5P. The fraction of sp³-hybridized carbons (Fsp3) is 0.533. The fourth-order valence-corrected chi connectivity index (χ4v) is 3.43. The minimum absolute atomic E-state index is 0.351. The Bertz CT molecular complexity index is 915. The molecule has 0 radical (unpaired) electrons. The first-order valence-electron chi connectivity index (χ1n) is 8.37. The highest BCUT2D eigenvalue weighted by Crippen LogP contribution is 2.57. The molecule has 0 unspecified atom stereocenters. The summed E-state index contributed by atoms with van der Waals surface area (Å²) in [6, 6.07) is 0. The number of fused-ring (bicyclic) bond motifs is 1. The van der Waals surface area contributed by atoms with Gasteiger partial charge in [0.15, 0.2) is 23.2 Å². The Morgan fingerprint density at radius 1 is 1.36 bits per heavy atom. The van der Waals surface area contributed by atoms with Gasteiger partial charge in [0, 0.05) is 6.54 Å². The SMILES string of the molecule is CC(C)=CCNc1ncnc2c1ncn2[C@@H]1O[C@H](COP(=O)(Cl)Cl)[C@H](O)[C@@H]1O. The number of hydrogen-bond acceptors (Lipinski definition) is 9. The standard InChI is InChI=1S/C15H20Cl2N5O5P/c1-8(2)3-4-18-13-10-14(20-6-19-13)22(7-21-10)15-12(24)11(23)9(27-15)5-26-28(16,17)25/h3,6-7,9,11-12,15,23-24H,4-5H2,1-2H3,(H,18,19,20)/t9-,11+,12+,15-/m1/s1. The zero-order chi connectivity index (χ0) is 20.5. The first kappa shape index (κ1) is 21.4. The third-order valence-corrected chi connectivity index (χ3v) is 5.17. The molecule has 0 aliphatic carbocycles. The van der Waals surface area contributed by atoms with E-state index in [9.17, 15) is 14.8 Å². The molecule has 0 saturated carbocycles. The summed E-state index contributed by atoms with van der Waals surface area (Å²) in [6.45, 7) is 4.20. The van der Waals surface area contributed by atoms with Gasteiger partial charge in [-0.1, -0.05) is 11.6 Å². The van der Waals surface area contributed by atoms with Crippen molar-refractivity contribution >= 4 is 45.5 Å². The van der Waals surface area contributed by atoms with Crippen molar-refractivity contribution < 1.29 is 24.0 Å². The van der Waals surface area contributed by atoms with Crippen molar-refractivity contribution in [1.82, 2.24) is 19.5 Å². The Kier molecular flexibility index (Phi) is 6.61. The summed E-state index contributed by atoms with van der Waals surface area (Å²) in [5.41, 5.74) is 2.06. The smallest absolute Gasteiger partial charge is 0.380 e. The van der Waals surface area contributed by atoms with E-state index in [1.54, 1.807) is 0 Å². The molecule has 2 aromatic rings. The summed E-state index contributed by atoms with van der Waals surface area (Å²) in [5, 5.41) is 23.7. The van der Waals surface area contributed by atoms with Crippen LogP contribution in [0.5, 0.6) is 0 Å². The lowest BCUT2D eigenvalue weighted by Gasteiger charge is -2.16. The molecule has 154 valence electrons. The number of nitrogens with one attached hydrogen (secondary N) is 1. The van der Waals surface area contributed by atoms with E-state index in [-0.39, 0.29) is 6.61 Å². The molecule has 0 amide bonds. The molecule has 10 nitrogen and oxygen atoms in total. The number of rotatable bonds is 7. The quantitative estimate of drug-likeness (QED) is 0.428.